The third-order valence-electron chi connectivity index (χ3n) is 4.28. The predicted molar refractivity (Wildman–Crippen MR) is 84.5 cm³/mol. The molecule has 1 nitrogen and oxygen atoms in total. The number of carbonyl (C=O) groups is 1. The van der Waals surface area contributed by atoms with E-state index in [2.05, 4.69) is 50.0 Å². The van der Waals surface area contributed by atoms with Crippen molar-refractivity contribution in [1.29, 1.82) is 0 Å². The van der Waals surface area contributed by atoms with Crippen molar-refractivity contribution >= 4 is 19.0 Å². The summed E-state index contributed by atoms with van der Waals surface area (Å²) in [5.74, 6) is 0.869. The van der Waals surface area contributed by atoms with Crippen molar-refractivity contribution in [1.82, 2.24) is 0 Å². The van der Waals surface area contributed by atoms with Crippen LogP contribution in [0.15, 0.2) is 42.5 Å². The molecule has 0 heterocycles. The first-order valence-corrected chi connectivity index (χ1v) is 10.4. The molecule has 1 aliphatic carbocycles. The first kappa shape index (κ1) is 14.3. The fraction of sp³-hybridized carbons (Fsp3) is 0.471. The van der Waals surface area contributed by atoms with Gasteiger partial charge in [-0.05, 0) is 24.8 Å². The third kappa shape index (κ3) is 3.66. The summed E-state index contributed by atoms with van der Waals surface area (Å²) in [6.07, 6.45) is 3.72. The Kier molecular flexibility index (Phi) is 4.41. The van der Waals surface area contributed by atoms with Gasteiger partial charge >= 0.3 is 0 Å². The summed E-state index contributed by atoms with van der Waals surface area (Å²) < 4.78 is 0. The van der Waals surface area contributed by atoms with Crippen LogP contribution in [0.25, 0.3) is 0 Å². The number of hydrogen-bond acceptors (Lipinski definition) is 1. The number of carbonyl (C=O) groups excluding carboxylic acids is 1. The van der Waals surface area contributed by atoms with E-state index in [4.69, 9.17) is 0 Å². The Morgan fingerprint density at radius 1 is 1.32 bits per heavy atom. The van der Waals surface area contributed by atoms with Gasteiger partial charge in [-0.2, -0.15) is 0 Å². The van der Waals surface area contributed by atoms with E-state index in [1.54, 1.807) is 0 Å². The highest BCUT2D eigenvalue weighted by Gasteiger charge is 2.29. The quantitative estimate of drug-likeness (QED) is 0.600. The monoisotopic (exact) mass is 272 g/mol. The highest BCUT2D eigenvalue weighted by molar-refractivity contribution is 6.90. The second-order valence-corrected chi connectivity index (χ2v) is 11.1. The number of ketones is 1. The number of allylic oxidation sites excluding steroid dienone is 1. The highest BCUT2D eigenvalue weighted by Crippen LogP contribution is 2.31. The Morgan fingerprint density at radius 3 is 2.63 bits per heavy atom. The topological polar surface area (TPSA) is 17.1 Å². The maximum atomic E-state index is 11.6. The first-order valence-electron chi connectivity index (χ1n) is 7.24. The smallest absolute Gasteiger partial charge is 0.133 e. The van der Waals surface area contributed by atoms with Gasteiger partial charge in [0.15, 0.2) is 0 Å². The summed E-state index contributed by atoms with van der Waals surface area (Å²) in [6, 6.07) is 11.9. The van der Waals surface area contributed by atoms with Crippen LogP contribution in [-0.4, -0.2) is 13.9 Å². The third-order valence-corrected chi connectivity index (χ3v) is 7.52. The summed E-state index contributed by atoms with van der Waals surface area (Å²) in [6.45, 7) is 9.11. The van der Waals surface area contributed by atoms with E-state index in [1.165, 1.54) is 10.8 Å². The molecule has 1 aromatic rings. The fourth-order valence-electron chi connectivity index (χ4n) is 3.08. The van der Waals surface area contributed by atoms with Crippen LogP contribution < -0.4 is 5.19 Å². The molecule has 1 unspecified atom stereocenters. The zero-order valence-corrected chi connectivity index (χ0v) is 13.1. The Bertz CT molecular complexity index is 461. The van der Waals surface area contributed by atoms with Gasteiger partial charge < -0.3 is 0 Å². The SMILES string of the molecule is C=C(C[Si](C)(C)c1ccccc1)C1CCCC(=O)C1. The second kappa shape index (κ2) is 5.87. The summed E-state index contributed by atoms with van der Waals surface area (Å²) in [4.78, 5) is 11.6. The van der Waals surface area contributed by atoms with Gasteiger partial charge in [0.2, 0.25) is 0 Å². The first-order chi connectivity index (χ1) is 8.99. The van der Waals surface area contributed by atoms with Crippen molar-refractivity contribution < 1.29 is 4.79 Å². The van der Waals surface area contributed by atoms with Gasteiger partial charge in [-0.3, -0.25) is 4.79 Å². The number of Topliss-reactive ketones (excluding diaryl/α,β-unsaturated/α-hetero) is 1. The van der Waals surface area contributed by atoms with Crippen LogP contribution in [0.3, 0.4) is 0 Å². The minimum atomic E-state index is -1.46. The predicted octanol–water partition coefficient (Wildman–Crippen LogP) is 3.92. The van der Waals surface area contributed by atoms with Crippen molar-refractivity contribution in [2.45, 2.75) is 44.8 Å². The Hall–Kier alpha value is -1.15. The molecule has 19 heavy (non-hydrogen) atoms. The second-order valence-electron chi connectivity index (χ2n) is 6.42. The molecule has 1 saturated carbocycles. The van der Waals surface area contributed by atoms with Crippen LogP contribution in [0.5, 0.6) is 0 Å². The van der Waals surface area contributed by atoms with Gasteiger partial charge in [-0.25, -0.2) is 0 Å². The molecular weight excluding hydrogens is 248 g/mol. The minimum Gasteiger partial charge on any atom is -0.300 e. The largest absolute Gasteiger partial charge is 0.300 e. The molecule has 0 N–H and O–H groups in total. The molecule has 1 aliphatic rings. The van der Waals surface area contributed by atoms with E-state index in [-0.39, 0.29) is 0 Å². The average molecular weight is 272 g/mol. The molecule has 102 valence electrons. The average Bonchev–Trinajstić information content (AvgIpc) is 2.39. The molecule has 2 rings (SSSR count). The standard InChI is InChI=1S/C17H24OSi/c1-14(15-8-7-9-16(18)12-15)13-19(2,3)17-10-5-4-6-11-17/h4-6,10-11,15H,1,7-9,12-13H2,2-3H3. The minimum absolute atomic E-state index is 0.427. The molecule has 2 heteroatoms. The molecular formula is C17H24OSi. The van der Waals surface area contributed by atoms with Crippen LogP contribution in [0.2, 0.25) is 19.1 Å². The van der Waals surface area contributed by atoms with Gasteiger partial charge in [0, 0.05) is 12.8 Å². The van der Waals surface area contributed by atoms with Crippen LogP contribution >= 0.6 is 0 Å². The molecule has 0 spiro atoms. The molecule has 0 saturated heterocycles. The Balaban J connectivity index is 2.03. The lowest BCUT2D eigenvalue weighted by atomic mass is 9.84. The maximum absolute atomic E-state index is 11.6. The van der Waals surface area contributed by atoms with Crippen LogP contribution in [0, 0.1) is 5.92 Å². The summed E-state index contributed by atoms with van der Waals surface area (Å²) in [7, 11) is -1.46. The molecule has 0 bridgehead atoms. The normalized spacial score (nSPS) is 20.3. The van der Waals surface area contributed by atoms with Crippen molar-refractivity contribution in [3.05, 3.63) is 42.5 Å². The maximum Gasteiger partial charge on any atom is 0.133 e. The Labute approximate surface area is 117 Å². The summed E-state index contributed by atoms with van der Waals surface area (Å²) in [5, 5.41) is 1.48. The number of benzene rings is 1. The molecule has 1 atom stereocenters. The van der Waals surface area contributed by atoms with Gasteiger partial charge in [0.25, 0.3) is 0 Å². The highest BCUT2D eigenvalue weighted by atomic mass is 28.3. The number of hydrogen-bond donors (Lipinski definition) is 0. The Morgan fingerprint density at radius 2 is 2.00 bits per heavy atom. The zero-order valence-electron chi connectivity index (χ0n) is 12.1. The van der Waals surface area contributed by atoms with E-state index in [0.717, 1.165) is 31.7 Å². The van der Waals surface area contributed by atoms with Gasteiger partial charge in [-0.1, -0.05) is 60.8 Å². The van der Waals surface area contributed by atoms with Crippen molar-refractivity contribution in [2.75, 3.05) is 0 Å². The lowest BCUT2D eigenvalue weighted by molar-refractivity contribution is -0.121. The molecule has 0 amide bonds. The van der Waals surface area contributed by atoms with Crippen molar-refractivity contribution in [2.24, 2.45) is 5.92 Å². The summed E-state index contributed by atoms with van der Waals surface area (Å²) in [5.41, 5.74) is 1.31. The van der Waals surface area contributed by atoms with E-state index in [9.17, 15) is 4.79 Å². The van der Waals surface area contributed by atoms with Gasteiger partial charge in [0.05, 0.1) is 8.07 Å². The van der Waals surface area contributed by atoms with Crippen LogP contribution in [-0.2, 0) is 4.79 Å². The van der Waals surface area contributed by atoms with E-state index < -0.39 is 8.07 Å². The van der Waals surface area contributed by atoms with Crippen molar-refractivity contribution in [3.63, 3.8) is 0 Å². The van der Waals surface area contributed by atoms with Crippen LogP contribution in [0.4, 0.5) is 0 Å². The lowest BCUT2D eigenvalue weighted by Gasteiger charge is -2.29. The summed E-state index contributed by atoms with van der Waals surface area (Å²) >= 11 is 0. The molecule has 1 fully saturated rings. The van der Waals surface area contributed by atoms with Crippen molar-refractivity contribution in [3.8, 4) is 0 Å². The molecule has 1 aromatic carbocycles. The number of rotatable bonds is 4. The molecule has 0 aliphatic heterocycles. The fourth-order valence-corrected chi connectivity index (χ4v) is 5.80. The van der Waals surface area contributed by atoms with Gasteiger partial charge in [-0.15, -0.1) is 0 Å². The van der Waals surface area contributed by atoms with E-state index >= 15 is 0 Å². The molecule has 0 radical (unpaired) electrons. The zero-order chi connectivity index (χ0) is 13.9. The van der Waals surface area contributed by atoms with Crippen LogP contribution in [0.1, 0.15) is 25.7 Å². The van der Waals surface area contributed by atoms with Gasteiger partial charge in [0.1, 0.15) is 5.78 Å². The van der Waals surface area contributed by atoms with E-state index in [1.807, 2.05) is 0 Å². The molecule has 0 aromatic heterocycles. The van der Waals surface area contributed by atoms with E-state index in [0.29, 0.717) is 11.7 Å². The lowest BCUT2D eigenvalue weighted by Crippen LogP contribution is -2.42.